The first-order chi connectivity index (χ1) is 12.1. The van der Waals surface area contributed by atoms with E-state index in [1.54, 1.807) is 4.90 Å². The topological polar surface area (TPSA) is 57.7 Å². The van der Waals surface area contributed by atoms with Gasteiger partial charge in [0.05, 0.1) is 18.8 Å². The van der Waals surface area contributed by atoms with E-state index in [4.69, 9.17) is 9.72 Å². The summed E-state index contributed by atoms with van der Waals surface area (Å²) >= 11 is 0. The quantitative estimate of drug-likeness (QED) is 0.756. The van der Waals surface area contributed by atoms with Crippen molar-refractivity contribution in [2.45, 2.75) is 65.8 Å². The molecule has 6 heteroatoms. The van der Waals surface area contributed by atoms with Gasteiger partial charge in [-0.3, -0.25) is 9.88 Å². The summed E-state index contributed by atoms with van der Waals surface area (Å²) in [7, 11) is 6.01. The van der Waals surface area contributed by atoms with Crippen molar-refractivity contribution in [1.29, 1.82) is 0 Å². The molecule has 0 radical (unpaired) electrons. The van der Waals surface area contributed by atoms with E-state index in [2.05, 4.69) is 17.1 Å². The van der Waals surface area contributed by atoms with Crippen LogP contribution in [-0.4, -0.2) is 54.2 Å². The van der Waals surface area contributed by atoms with E-state index in [0.29, 0.717) is 13.1 Å². The van der Waals surface area contributed by atoms with Crippen LogP contribution in [0.4, 0.5) is 4.79 Å². The Bertz CT molecular complexity index is 656. The average molecular weight is 363 g/mol. The largest absolute Gasteiger partial charge is 0.443 e. The Kier molecular flexibility index (Phi) is 6.64. The molecule has 0 unspecified atom stereocenters. The SMILES string of the molecule is CNCCCC(C)(C)OC(=O)N1Cc2c(CN(C)C)nc(C)c(C)c2C1. The number of hydrogen-bond donors (Lipinski definition) is 1. The van der Waals surface area contributed by atoms with E-state index >= 15 is 0 Å². The lowest BCUT2D eigenvalue weighted by atomic mass is 10.0. The number of amides is 1. The van der Waals surface area contributed by atoms with E-state index in [9.17, 15) is 4.79 Å². The second kappa shape index (κ2) is 8.35. The number of carbonyl (C=O) groups is 1. The zero-order chi connectivity index (χ0) is 19.5. The monoisotopic (exact) mass is 362 g/mol. The Hall–Kier alpha value is -1.66. The van der Waals surface area contributed by atoms with Crippen LogP contribution in [0.3, 0.4) is 0 Å². The minimum atomic E-state index is -0.460. The molecule has 6 nitrogen and oxygen atoms in total. The van der Waals surface area contributed by atoms with Crippen LogP contribution < -0.4 is 5.32 Å². The summed E-state index contributed by atoms with van der Waals surface area (Å²) in [6, 6.07) is 0. The number of aromatic nitrogens is 1. The maximum Gasteiger partial charge on any atom is 0.410 e. The van der Waals surface area contributed by atoms with Crippen LogP contribution in [0.1, 0.15) is 54.8 Å². The van der Waals surface area contributed by atoms with Crippen molar-refractivity contribution in [3.8, 4) is 0 Å². The number of fused-ring (bicyclic) bond motifs is 1. The highest BCUT2D eigenvalue weighted by Crippen LogP contribution is 2.31. The second-order valence-electron chi connectivity index (χ2n) is 8.15. The van der Waals surface area contributed by atoms with E-state index in [1.165, 1.54) is 16.7 Å². The van der Waals surface area contributed by atoms with Crippen molar-refractivity contribution < 1.29 is 9.53 Å². The molecule has 1 aromatic rings. The summed E-state index contributed by atoms with van der Waals surface area (Å²) in [5, 5.41) is 3.13. The first kappa shape index (κ1) is 20.6. The molecule has 0 saturated heterocycles. The number of aryl methyl sites for hydroxylation is 1. The summed E-state index contributed by atoms with van der Waals surface area (Å²) in [6.07, 6.45) is 1.58. The normalized spacial score (nSPS) is 14.1. The Labute approximate surface area is 157 Å². The number of carbonyl (C=O) groups excluding carboxylic acids is 1. The van der Waals surface area contributed by atoms with Gasteiger partial charge in [-0.05, 0) is 84.9 Å². The van der Waals surface area contributed by atoms with Gasteiger partial charge in [-0.25, -0.2) is 4.79 Å². The van der Waals surface area contributed by atoms with Gasteiger partial charge in [0.15, 0.2) is 0 Å². The fourth-order valence-electron chi connectivity index (χ4n) is 3.41. The first-order valence-corrected chi connectivity index (χ1v) is 9.39. The lowest BCUT2D eigenvalue weighted by Crippen LogP contribution is -2.36. The smallest absolute Gasteiger partial charge is 0.410 e. The van der Waals surface area contributed by atoms with Crippen LogP contribution >= 0.6 is 0 Å². The van der Waals surface area contributed by atoms with Gasteiger partial charge in [0.1, 0.15) is 5.60 Å². The van der Waals surface area contributed by atoms with E-state index < -0.39 is 5.60 Å². The van der Waals surface area contributed by atoms with E-state index in [1.807, 2.05) is 41.9 Å². The van der Waals surface area contributed by atoms with Crippen LogP contribution in [0.15, 0.2) is 0 Å². The standard InChI is InChI=1S/C20H34N4O2/c1-14-15(2)22-18(13-23(6)7)17-12-24(11-16(14)17)19(25)26-20(3,4)9-8-10-21-5/h21H,8-13H2,1-7H3. The van der Waals surface area contributed by atoms with Crippen LogP contribution in [0.25, 0.3) is 0 Å². The molecule has 1 N–H and O–H groups in total. The molecule has 2 rings (SSSR count). The molecule has 1 aliphatic heterocycles. The fourth-order valence-corrected chi connectivity index (χ4v) is 3.41. The molecule has 0 fully saturated rings. The van der Waals surface area contributed by atoms with E-state index in [-0.39, 0.29) is 6.09 Å². The summed E-state index contributed by atoms with van der Waals surface area (Å²) < 4.78 is 5.82. The van der Waals surface area contributed by atoms with Crippen molar-refractivity contribution in [1.82, 2.24) is 20.1 Å². The van der Waals surface area contributed by atoms with Gasteiger partial charge >= 0.3 is 6.09 Å². The molecule has 0 saturated carbocycles. The molecule has 1 aromatic heterocycles. The molecule has 0 aliphatic carbocycles. The van der Waals surface area contributed by atoms with Crippen LogP contribution in [0, 0.1) is 13.8 Å². The predicted molar refractivity (Wildman–Crippen MR) is 104 cm³/mol. The zero-order valence-corrected chi connectivity index (χ0v) is 17.4. The molecule has 146 valence electrons. The van der Waals surface area contributed by atoms with Crippen molar-refractivity contribution in [3.63, 3.8) is 0 Å². The van der Waals surface area contributed by atoms with Crippen LogP contribution in [-0.2, 0) is 24.4 Å². The molecular formula is C20H34N4O2. The molecule has 0 spiro atoms. The molecule has 2 heterocycles. The molecule has 1 aliphatic rings. The van der Waals surface area contributed by atoms with Crippen LogP contribution in [0.2, 0.25) is 0 Å². The number of ether oxygens (including phenoxy) is 1. The van der Waals surface area contributed by atoms with Gasteiger partial charge in [-0.1, -0.05) is 0 Å². The number of rotatable bonds is 7. The minimum Gasteiger partial charge on any atom is -0.443 e. The number of hydrogen-bond acceptors (Lipinski definition) is 5. The van der Waals surface area contributed by atoms with Gasteiger partial charge in [0.25, 0.3) is 0 Å². The average Bonchev–Trinajstić information content (AvgIpc) is 2.97. The molecule has 1 amide bonds. The molecular weight excluding hydrogens is 328 g/mol. The highest BCUT2D eigenvalue weighted by Gasteiger charge is 2.32. The predicted octanol–water partition coefficient (Wildman–Crippen LogP) is 2.99. The van der Waals surface area contributed by atoms with Crippen LogP contribution in [0.5, 0.6) is 0 Å². The van der Waals surface area contributed by atoms with Crippen molar-refractivity contribution in [2.24, 2.45) is 0 Å². The summed E-state index contributed by atoms with van der Waals surface area (Å²) in [4.78, 5) is 21.4. The van der Waals surface area contributed by atoms with Gasteiger partial charge < -0.3 is 15.0 Å². The van der Waals surface area contributed by atoms with E-state index in [0.717, 1.165) is 37.3 Å². The Morgan fingerprint density at radius 2 is 1.92 bits per heavy atom. The van der Waals surface area contributed by atoms with Gasteiger partial charge in [0, 0.05) is 12.2 Å². The van der Waals surface area contributed by atoms with Crippen molar-refractivity contribution in [3.05, 3.63) is 28.1 Å². The van der Waals surface area contributed by atoms with Crippen molar-refractivity contribution in [2.75, 3.05) is 27.7 Å². The molecule has 0 atom stereocenters. The van der Waals surface area contributed by atoms with Crippen molar-refractivity contribution >= 4 is 6.09 Å². The second-order valence-corrected chi connectivity index (χ2v) is 8.15. The molecule has 26 heavy (non-hydrogen) atoms. The third-order valence-corrected chi connectivity index (χ3v) is 5.00. The third-order valence-electron chi connectivity index (χ3n) is 5.00. The summed E-state index contributed by atoms with van der Waals surface area (Å²) in [5.41, 5.74) is 5.26. The zero-order valence-electron chi connectivity index (χ0n) is 17.4. The summed E-state index contributed by atoms with van der Waals surface area (Å²) in [6.45, 7) is 11.0. The number of pyridine rings is 1. The Morgan fingerprint density at radius 1 is 1.27 bits per heavy atom. The Balaban J connectivity index is 2.12. The number of nitrogens with zero attached hydrogens (tertiary/aromatic N) is 3. The maximum atomic E-state index is 12.7. The first-order valence-electron chi connectivity index (χ1n) is 9.39. The molecule has 0 aromatic carbocycles. The van der Waals surface area contributed by atoms with Gasteiger partial charge in [-0.2, -0.15) is 0 Å². The number of nitrogens with one attached hydrogen (secondary N) is 1. The lowest BCUT2D eigenvalue weighted by molar-refractivity contribution is 0.00670. The summed E-state index contributed by atoms with van der Waals surface area (Å²) in [5.74, 6) is 0. The third kappa shape index (κ3) is 4.95. The molecule has 0 bridgehead atoms. The Morgan fingerprint density at radius 3 is 2.54 bits per heavy atom. The fraction of sp³-hybridized carbons (Fsp3) is 0.700. The van der Waals surface area contributed by atoms with Gasteiger partial charge in [-0.15, -0.1) is 0 Å². The van der Waals surface area contributed by atoms with Gasteiger partial charge in [0.2, 0.25) is 0 Å². The highest BCUT2D eigenvalue weighted by molar-refractivity contribution is 5.69. The highest BCUT2D eigenvalue weighted by atomic mass is 16.6. The maximum absolute atomic E-state index is 12.7. The lowest BCUT2D eigenvalue weighted by Gasteiger charge is -2.28. The minimum absolute atomic E-state index is 0.233.